The van der Waals surface area contributed by atoms with Crippen LogP contribution in [0.15, 0.2) is 42.5 Å². The van der Waals surface area contributed by atoms with Crippen molar-refractivity contribution in [3.05, 3.63) is 53.6 Å². The number of aliphatic carboxylic acids is 1. The molecule has 2 aromatic rings. The third-order valence-electron chi connectivity index (χ3n) is 6.97. The van der Waals surface area contributed by atoms with Crippen LogP contribution in [-0.2, 0) is 9.53 Å². The molecule has 206 valence electrons. The van der Waals surface area contributed by atoms with E-state index >= 15 is 0 Å². The van der Waals surface area contributed by atoms with Gasteiger partial charge in [0.2, 0.25) is 6.79 Å². The number of benzene rings is 2. The molecule has 1 N–H and O–H groups in total. The molecule has 38 heavy (non-hydrogen) atoms. The third-order valence-corrected chi connectivity index (χ3v) is 6.97. The van der Waals surface area contributed by atoms with Crippen molar-refractivity contribution in [1.82, 2.24) is 9.80 Å². The first kappa shape index (κ1) is 27.6. The average Bonchev–Trinajstić information content (AvgIpc) is 3.49. The number of nitrogens with zero attached hydrogens (tertiary/aromatic N) is 2. The minimum atomic E-state index is -0.867. The molecule has 2 aliphatic heterocycles. The Balaban J connectivity index is 1.64. The van der Waals surface area contributed by atoms with E-state index in [0.29, 0.717) is 43.4 Å². The van der Waals surface area contributed by atoms with Gasteiger partial charge in [0.15, 0.2) is 11.5 Å². The lowest BCUT2D eigenvalue weighted by Crippen LogP contribution is -2.42. The standard InChI is InChI=1S/C29H38N2O7/c1-6-13-30(28(34)38-29(2,3)4)14-15-31-17-22(20-9-12-23-24(16-20)37-18-36-23)25(27(32)33)26(31)19-7-10-21(35-5)11-8-19/h7-12,16,22,25-26H,6,13-15,17-18H2,1-5H3,(H,32,33)/t22-,25+,26-/m1/s1. The zero-order valence-electron chi connectivity index (χ0n) is 22.8. The van der Waals surface area contributed by atoms with Crippen molar-refractivity contribution in [2.24, 2.45) is 5.92 Å². The van der Waals surface area contributed by atoms with E-state index in [1.54, 1.807) is 12.0 Å². The van der Waals surface area contributed by atoms with Gasteiger partial charge in [-0.25, -0.2) is 4.79 Å². The predicted molar refractivity (Wildman–Crippen MR) is 142 cm³/mol. The van der Waals surface area contributed by atoms with E-state index in [-0.39, 0.29) is 18.8 Å². The molecule has 0 aromatic heterocycles. The van der Waals surface area contributed by atoms with Crippen molar-refractivity contribution in [3.8, 4) is 17.2 Å². The number of likely N-dealkylation sites (tertiary alicyclic amines) is 1. The number of fused-ring (bicyclic) bond motifs is 1. The second kappa shape index (κ2) is 11.5. The van der Waals surface area contributed by atoms with Gasteiger partial charge in [-0.1, -0.05) is 25.1 Å². The zero-order valence-corrected chi connectivity index (χ0v) is 22.8. The van der Waals surface area contributed by atoms with Gasteiger partial charge in [-0.2, -0.15) is 0 Å². The summed E-state index contributed by atoms with van der Waals surface area (Å²) in [5.41, 5.74) is 1.18. The zero-order chi connectivity index (χ0) is 27.4. The molecule has 0 spiro atoms. The average molecular weight is 527 g/mol. The molecule has 1 saturated heterocycles. The molecular formula is C29H38N2O7. The molecule has 9 heteroatoms. The van der Waals surface area contributed by atoms with Crippen LogP contribution in [0.1, 0.15) is 57.2 Å². The Morgan fingerprint density at radius 3 is 2.37 bits per heavy atom. The Morgan fingerprint density at radius 2 is 1.74 bits per heavy atom. The van der Waals surface area contributed by atoms with Gasteiger partial charge < -0.3 is 29.0 Å². The number of carboxylic acid groups (broad SMARTS) is 1. The van der Waals surface area contributed by atoms with E-state index in [0.717, 1.165) is 17.5 Å². The Hall–Kier alpha value is -3.46. The first-order chi connectivity index (χ1) is 18.1. The summed E-state index contributed by atoms with van der Waals surface area (Å²) >= 11 is 0. The lowest BCUT2D eigenvalue weighted by Gasteiger charge is -2.31. The van der Waals surface area contributed by atoms with Gasteiger partial charge in [-0.3, -0.25) is 9.69 Å². The highest BCUT2D eigenvalue weighted by Crippen LogP contribution is 2.47. The van der Waals surface area contributed by atoms with Gasteiger partial charge in [-0.15, -0.1) is 0 Å². The summed E-state index contributed by atoms with van der Waals surface area (Å²) < 4.78 is 22.0. The second-order valence-corrected chi connectivity index (χ2v) is 10.8. The summed E-state index contributed by atoms with van der Waals surface area (Å²) in [5, 5.41) is 10.5. The first-order valence-electron chi connectivity index (χ1n) is 13.1. The predicted octanol–water partition coefficient (Wildman–Crippen LogP) is 4.91. The monoisotopic (exact) mass is 526 g/mol. The number of carboxylic acids is 1. The van der Waals surface area contributed by atoms with Gasteiger partial charge in [0.05, 0.1) is 13.0 Å². The van der Waals surface area contributed by atoms with E-state index < -0.39 is 23.5 Å². The minimum absolute atomic E-state index is 0.157. The van der Waals surface area contributed by atoms with Crippen molar-refractivity contribution in [2.45, 2.75) is 51.7 Å². The van der Waals surface area contributed by atoms with Crippen LogP contribution < -0.4 is 14.2 Å². The number of carbonyl (C=O) groups excluding carboxylic acids is 1. The molecule has 2 aromatic carbocycles. The number of rotatable bonds is 9. The number of amides is 1. The fraction of sp³-hybridized carbons (Fsp3) is 0.517. The van der Waals surface area contributed by atoms with Crippen LogP contribution in [0.5, 0.6) is 17.2 Å². The van der Waals surface area contributed by atoms with Crippen LogP contribution >= 0.6 is 0 Å². The SMILES string of the molecule is CCCN(CCN1C[C@H](c2ccc3c(c2)OCO3)[C@H](C(=O)O)[C@H]1c1ccc(OC)cc1)C(=O)OC(C)(C)C. The highest BCUT2D eigenvalue weighted by atomic mass is 16.7. The maximum absolute atomic E-state index is 12.9. The van der Waals surface area contributed by atoms with Crippen LogP contribution in [-0.4, -0.2) is 72.7 Å². The summed E-state index contributed by atoms with van der Waals surface area (Å²) in [6, 6.07) is 12.8. The summed E-state index contributed by atoms with van der Waals surface area (Å²) in [6.45, 7) is 9.73. The van der Waals surface area contributed by atoms with E-state index in [2.05, 4.69) is 4.90 Å². The molecule has 3 atom stereocenters. The fourth-order valence-corrected chi connectivity index (χ4v) is 5.28. The molecular weight excluding hydrogens is 488 g/mol. The van der Waals surface area contributed by atoms with Crippen molar-refractivity contribution < 1.29 is 33.6 Å². The van der Waals surface area contributed by atoms with Gasteiger partial charge in [0.25, 0.3) is 0 Å². The largest absolute Gasteiger partial charge is 0.497 e. The van der Waals surface area contributed by atoms with E-state index in [1.165, 1.54) is 0 Å². The third kappa shape index (κ3) is 6.15. The van der Waals surface area contributed by atoms with Gasteiger partial charge in [-0.05, 0) is 62.6 Å². The van der Waals surface area contributed by atoms with E-state index in [1.807, 2.05) is 70.2 Å². The molecule has 2 heterocycles. The van der Waals surface area contributed by atoms with Gasteiger partial charge in [0.1, 0.15) is 11.4 Å². The number of ether oxygens (including phenoxy) is 4. The maximum atomic E-state index is 12.9. The van der Waals surface area contributed by atoms with Gasteiger partial charge in [0, 0.05) is 38.1 Å². The molecule has 1 fully saturated rings. The highest BCUT2D eigenvalue weighted by Gasteiger charge is 2.47. The molecule has 9 nitrogen and oxygen atoms in total. The molecule has 0 unspecified atom stereocenters. The van der Waals surface area contributed by atoms with Crippen LogP contribution in [0.2, 0.25) is 0 Å². The number of methoxy groups -OCH3 is 1. The summed E-state index contributed by atoms with van der Waals surface area (Å²) in [4.78, 5) is 29.6. The Kier molecular flexibility index (Phi) is 8.35. The van der Waals surface area contributed by atoms with Crippen LogP contribution in [0.3, 0.4) is 0 Å². The lowest BCUT2D eigenvalue weighted by atomic mass is 9.82. The van der Waals surface area contributed by atoms with Crippen LogP contribution in [0.4, 0.5) is 4.79 Å². The van der Waals surface area contributed by atoms with Crippen molar-refractivity contribution in [2.75, 3.05) is 40.1 Å². The first-order valence-corrected chi connectivity index (χ1v) is 13.1. The molecule has 0 aliphatic carbocycles. The number of hydrogen-bond donors (Lipinski definition) is 1. The van der Waals surface area contributed by atoms with Crippen LogP contribution in [0, 0.1) is 5.92 Å². The molecule has 4 rings (SSSR count). The van der Waals surface area contributed by atoms with E-state index in [9.17, 15) is 14.7 Å². The summed E-state index contributed by atoms with van der Waals surface area (Å²) in [6.07, 6.45) is 0.431. The summed E-state index contributed by atoms with van der Waals surface area (Å²) in [7, 11) is 1.60. The summed E-state index contributed by atoms with van der Waals surface area (Å²) in [5.74, 6) is 0.144. The van der Waals surface area contributed by atoms with Gasteiger partial charge >= 0.3 is 12.1 Å². The van der Waals surface area contributed by atoms with Crippen molar-refractivity contribution in [1.29, 1.82) is 0 Å². The number of hydrogen-bond acceptors (Lipinski definition) is 7. The minimum Gasteiger partial charge on any atom is -0.497 e. The second-order valence-electron chi connectivity index (χ2n) is 10.8. The normalized spacial score (nSPS) is 20.8. The number of carbonyl (C=O) groups is 2. The highest BCUT2D eigenvalue weighted by molar-refractivity contribution is 5.74. The Bertz CT molecular complexity index is 1130. The maximum Gasteiger partial charge on any atom is 0.410 e. The molecule has 0 radical (unpaired) electrons. The van der Waals surface area contributed by atoms with Crippen LogP contribution in [0.25, 0.3) is 0 Å². The van der Waals surface area contributed by atoms with Crippen molar-refractivity contribution >= 4 is 12.1 Å². The fourth-order valence-electron chi connectivity index (χ4n) is 5.28. The molecule has 1 amide bonds. The molecule has 2 aliphatic rings. The smallest absolute Gasteiger partial charge is 0.410 e. The quantitative estimate of drug-likeness (QED) is 0.492. The Morgan fingerprint density at radius 1 is 1.05 bits per heavy atom. The lowest BCUT2D eigenvalue weighted by molar-refractivity contribution is -0.143. The Labute approximate surface area is 224 Å². The molecule has 0 saturated carbocycles. The molecule has 0 bridgehead atoms. The van der Waals surface area contributed by atoms with Crippen molar-refractivity contribution in [3.63, 3.8) is 0 Å². The topological polar surface area (TPSA) is 97.8 Å². The van der Waals surface area contributed by atoms with E-state index in [4.69, 9.17) is 18.9 Å².